The van der Waals surface area contributed by atoms with E-state index in [1.807, 2.05) is 18.2 Å². The van der Waals surface area contributed by atoms with Crippen molar-refractivity contribution in [3.05, 3.63) is 95.8 Å². The van der Waals surface area contributed by atoms with E-state index in [9.17, 15) is 0 Å². The van der Waals surface area contributed by atoms with Crippen LogP contribution in [0.5, 0.6) is 5.75 Å². The number of ether oxygens (including phenoxy) is 1. The van der Waals surface area contributed by atoms with Crippen LogP contribution >= 0.6 is 0 Å². The van der Waals surface area contributed by atoms with Crippen LogP contribution in [-0.4, -0.2) is 12.7 Å². The molecule has 4 heteroatoms. The van der Waals surface area contributed by atoms with E-state index in [4.69, 9.17) is 9.16 Å². The van der Waals surface area contributed by atoms with Gasteiger partial charge in [-0.1, -0.05) is 76.2 Å². The number of pyridine rings is 1. The molecule has 0 fully saturated rings. The summed E-state index contributed by atoms with van der Waals surface area (Å²) in [6.07, 6.45) is 5.37. The van der Waals surface area contributed by atoms with Crippen molar-refractivity contribution in [1.29, 1.82) is 0 Å². The average molecular weight is 472 g/mol. The second-order valence-electron chi connectivity index (χ2n) is 10.5. The van der Waals surface area contributed by atoms with Gasteiger partial charge in [0.2, 0.25) is 0 Å². The van der Waals surface area contributed by atoms with Gasteiger partial charge in [0.15, 0.2) is 8.32 Å². The van der Waals surface area contributed by atoms with E-state index < -0.39 is 8.32 Å². The molecule has 4 aromatic rings. The van der Waals surface area contributed by atoms with E-state index in [1.54, 1.807) is 0 Å². The molecule has 3 nitrogen and oxygen atoms in total. The fourth-order valence-electron chi connectivity index (χ4n) is 4.04. The molecule has 0 spiro atoms. The highest BCUT2D eigenvalue weighted by molar-refractivity contribution is 6.74. The molecule has 34 heavy (non-hydrogen) atoms. The third-order valence-corrected chi connectivity index (χ3v) is 11.6. The quantitative estimate of drug-likeness (QED) is 0.241. The lowest BCUT2D eigenvalue weighted by atomic mass is 10.0. The molecule has 0 aliphatic rings. The maximum atomic E-state index is 6.59. The van der Waals surface area contributed by atoms with Gasteiger partial charge in [-0.05, 0) is 59.4 Å². The normalized spacial score (nSPS) is 12.3. The Hall–Kier alpha value is -2.82. The van der Waals surface area contributed by atoms with Crippen LogP contribution in [-0.2, 0) is 24.1 Å². The zero-order valence-corrected chi connectivity index (χ0v) is 22.4. The first-order chi connectivity index (χ1) is 16.2. The summed E-state index contributed by atoms with van der Waals surface area (Å²) in [7, 11) is -1.82. The summed E-state index contributed by atoms with van der Waals surface area (Å²) in [6.45, 7) is 15.0. The molecule has 0 unspecified atom stereocenters. The fourth-order valence-corrected chi connectivity index (χ4v) is 4.99. The van der Waals surface area contributed by atoms with Crippen LogP contribution in [0.4, 0.5) is 0 Å². The first kappa shape index (κ1) is 24.3. The smallest absolute Gasteiger partial charge is 0.192 e. The number of nitrogens with zero attached hydrogens (tertiary/aromatic N) is 1. The van der Waals surface area contributed by atoms with Crippen LogP contribution in [0.15, 0.2) is 79.1 Å². The van der Waals surface area contributed by atoms with Crippen molar-refractivity contribution in [1.82, 2.24) is 4.40 Å². The number of hydrogen-bond donors (Lipinski definition) is 0. The number of aryl methyl sites for hydroxylation is 1. The summed E-state index contributed by atoms with van der Waals surface area (Å²) in [6, 6.07) is 23.1. The molecule has 178 valence electrons. The molecular weight excluding hydrogens is 434 g/mol. The predicted octanol–water partition coefficient (Wildman–Crippen LogP) is 8.27. The van der Waals surface area contributed by atoms with Crippen LogP contribution < -0.4 is 4.74 Å². The molecule has 0 saturated carbocycles. The molecule has 0 bridgehead atoms. The minimum absolute atomic E-state index is 0.198. The Morgan fingerprint density at radius 2 is 1.56 bits per heavy atom. The number of benzene rings is 2. The zero-order valence-electron chi connectivity index (χ0n) is 21.4. The van der Waals surface area contributed by atoms with E-state index in [2.05, 4.69) is 106 Å². The maximum Gasteiger partial charge on any atom is 0.192 e. The minimum Gasteiger partial charge on any atom is -0.489 e. The Morgan fingerprint density at radius 3 is 2.21 bits per heavy atom. The van der Waals surface area contributed by atoms with Gasteiger partial charge < -0.3 is 13.6 Å². The molecule has 0 atom stereocenters. The van der Waals surface area contributed by atoms with Crippen LogP contribution in [0.2, 0.25) is 18.1 Å². The summed E-state index contributed by atoms with van der Waals surface area (Å²) in [5, 5.41) is 0.198. The first-order valence-electron chi connectivity index (χ1n) is 12.2. The van der Waals surface area contributed by atoms with Gasteiger partial charge in [-0.15, -0.1) is 0 Å². The maximum absolute atomic E-state index is 6.59. The molecule has 0 aliphatic heterocycles. The van der Waals surface area contributed by atoms with E-state index in [0.717, 1.165) is 12.2 Å². The predicted molar refractivity (Wildman–Crippen MR) is 145 cm³/mol. The average Bonchev–Trinajstić information content (AvgIpc) is 3.21. The van der Waals surface area contributed by atoms with E-state index in [-0.39, 0.29) is 5.04 Å². The fraction of sp³-hybridized carbons (Fsp3) is 0.333. The molecule has 0 saturated heterocycles. The van der Waals surface area contributed by atoms with Crippen LogP contribution in [0.3, 0.4) is 0 Å². The van der Waals surface area contributed by atoms with Gasteiger partial charge in [0.1, 0.15) is 12.4 Å². The summed E-state index contributed by atoms with van der Waals surface area (Å²) < 4.78 is 14.8. The van der Waals surface area contributed by atoms with Crippen molar-refractivity contribution in [3.63, 3.8) is 0 Å². The number of aromatic nitrogens is 1. The summed E-state index contributed by atoms with van der Waals surface area (Å²) >= 11 is 0. The molecule has 0 N–H and O–H groups in total. The molecule has 2 heterocycles. The van der Waals surface area contributed by atoms with Crippen LogP contribution in [0.1, 0.15) is 44.4 Å². The van der Waals surface area contributed by atoms with Gasteiger partial charge in [0.25, 0.3) is 0 Å². The highest BCUT2D eigenvalue weighted by Gasteiger charge is 2.37. The highest BCUT2D eigenvalue weighted by atomic mass is 28.4. The Kier molecular flexibility index (Phi) is 7.01. The standard InChI is InChI=1S/C30H37NO2Si/c1-7-27-28(24-15-17-26(18-16-24)32-21-23-12-9-8-10-13-23)20-31-19-11-14-25(29(27)31)22-33-34(5,6)30(2,3)4/h8-20H,7,21-22H2,1-6H3. The van der Waals surface area contributed by atoms with Gasteiger partial charge >= 0.3 is 0 Å². The Balaban J connectivity index is 1.59. The van der Waals surface area contributed by atoms with Crippen molar-refractivity contribution < 1.29 is 9.16 Å². The Morgan fingerprint density at radius 1 is 0.853 bits per heavy atom. The summed E-state index contributed by atoms with van der Waals surface area (Å²) in [5.41, 5.74) is 7.57. The second-order valence-corrected chi connectivity index (χ2v) is 15.3. The van der Waals surface area contributed by atoms with E-state index in [0.29, 0.717) is 13.2 Å². The molecular formula is C30H37NO2Si. The third-order valence-electron chi connectivity index (χ3n) is 7.15. The van der Waals surface area contributed by atoms with Gasteiger partial charge in [-0.25, -0.2) is 0 Å². The molecule has 0 amide bonds. The first-order valence-corrected chi connectivity index (χ1v) is 15.1. The van der Waals surface area contributed by atoms with Crippen molar-refractivity contribution in [2.45, 2.75) is 65.5 Å². The van der Waals surface area contributed by atoms with Crippen molar-refractivity contribution in [2.24, 2.45) is 0 Å². The van der Waals surface area contributed by atoms with Crippen LogP contribution in [0, 0.1) is 0 Å². The SMILES string of the molecule is CCc1c(-c2ccc(OCc3ccccc3)cc2)cn2cccc(CO[Si](C)(C)C(C)(C)C)c12. The van der Waals surface area contributed by atoms with Gasteiger partial charge in [-0.2, -0.15) is 0 Å². The summed E-state index contributed by atoms with van der Waals surface area (Å²) in [4.78, 5) is 0. The zero-order chi connectivity index (χ0) is 24.3. The lowest BCUT2D eigenvalue weighted by Gasteiger charge is -2.36. The Labute approximate surface area is 205 Å². The lowest BCUT2D eigenvalue weighted by molar-refractivity contribution is 0.277. The minimum atomic E-state index is -1.82. The monoisotopic (exact) mass is 471 g/mol. The number of rotatable bonds is 8. The van der Waals surface area contributed by atoms with Crippen LogP contribution in [0.25, 0.3) is 16.6 Å². The van der Waals surface area contributed by atoms with Crippen molar-refractivity contribution in [2.75, 3.05) is 0 Å². The molecule has 2 aromatic heterocycles. The van der Waals surface area contributed by atoms with Crippen molar-refractivity contribution >= 4 is 13.8 Å². The van der Waals surface area contributed by atoms with E-state index >= 15 is 0 Å². The van der Waals surface area contributed by atoms with Gasteiger partial charge in [0, 0.05) is 23.5 Å². The summed E-state index contributed by atoms with van der Waals surface area (Å²) in [5.74, 6) is 0.887. The molecule has 0 aliphatic carbocycles. The molecule has 4 rings (SSSR count). The van der Waals surface area contributed by atoms with Crippen molar-refractivity contribution in [3.8, 4) is 16.9 Å². The Bertz CT molecular complexity index is 1230. The van der Waals surface area contributed by atoms with Gasteiger partial charge in [0.05, 0.1) is 12.1 Å². The number of hydrogen-bond acceptors (Lipinski definition) is 2. The van der Waals surface area contributed by atoms with E-state index in [1.165, 1.54) is 33.3 Å². The topological polar surface area (TPSA) is 22.9 Å². The lowest BCUT2D eigenvalue weighted by Crippen LogP contribution is -2.40. The number of fused-ring (bicyclic) bond motifs is 1. The molecule has 2 aromatic carbocycles. The molecule has 0 radical (unpaired) electrons. The largest absolute Gasteiger partial charge is 0.489 e. The highest BCUT2D eigenvalue weighted by Crippen LogP contribution is 2.38. The van der Waals surface area contributed by atoms with Gasteiger partial charge in [-0.3, -0.25) is 0 Å². The third kappa shape index (κ3) is 5.13. The second kappa shape index (κ2) is 9.81.